The van der Waals surface area contributed by atoms with Crippen LogP contribution in [-0.2, 0) is 14.4 Å². The normalized spacial score (nSPS) is 12.9. The summed E-state index contributed by atoms with van der Waals surface area (Å²) in [6.45, 7) is 6.82. The number of carbonyl (C=O) groups excluding carboxylic acids is 1. The van der Waals surface area contributed by atoms with Crippen LogP contribution in [-0.4, -0.2) is 81.1 Å². The minimum absolute atomic E-state index is 0. The highest BCUT2D eigenvalue weighted by molar-refractivity contribution is 5.99. The van der Waals surface area contributed by atoms with Gasteiger partial charge in [0, 0.05) is 62.0 Å². The Labute approximate surface area is 258 Å². The average Bonchev–Trinajstić information content (AvgIpc) is 3.46. The molecule has 0 saturated carbocycles. The molecule has 45 heavy (non-hydrogen) atoms. The van der Waals surface area contributed by atoms with Gasteiger partial charge in [-0.25, -0.2) is 14.0 Å². The third-order valence-electron chi connectivity index (χ3n) is 6.30. The summed E-state index contributed by atoms with van der Waals surface area (Å²) in [7, 11) is 2.07. The Balaban J connectivity index is 0.000000544. The molecule has 4 aromatic rings. The summed E-state index contributed by atoms with van der Waals surface area (Å²) in [4.78, 5) is 47.1. The van der Waals surface area contributed by atoms with Crippen LogP contribution >= 0.6 is 0 Å². The molecule has 1 aliphatic rings. The highest BCUT2D eigenvalue weighted by Crippen LogP contribution is 2.31. The molecule has 0 atom stereocenters. The minimum Gasteiger partial charge on any atom is -0.478 e. The number of ether oxygens (including phenoxy) is 1. The van der Waals surface area contributed by atoms with Crippen molar-refractivity contribution in [3.05, 3.63) is 85.4 Å². The Bertz CT molecular complexity index is 1680. The molecule has 0 aliphatic carbocycles. The van der Waals surface area contributed by atoms with E-state index in [4.69, 9.17) is 14.9 Å². The van der Waals surface area contributed by atoms with Gasteiger partial charge in [-0.15, -0.1) is 0 Å². The molecular weight excluding hydrogens is 585 g/mol. The zero-order valence-electron chi connectivity index (χ0n) is 23.7. The zero-order chi connectivity index (χ0) is 31.6. The van der Waals surface area contributed by atoms with E-state index < -0.39 is 11.9 Å². The first-order chi connectivity index (χ1) is 21.1. The van der Waals surface area contributed by atoms with Crippen LogP contribution in [0.3, 0.4) is 0 Å². The van der Waals surface area contributed by atoms with Gasteiger partial charge in [0.25, 0.3) is 0 Å². The van der Waals surface area contributed by atoms with Crippen LogP contribution in [0.15, 0.2) is 79.5 Å². The van der Waals surface area contributed by atoms with Gasteiger partial charge in [-0.05, 0) is 49.5 Å². The number of carboxylic acids is 2. The Kier molecular flexibility index (Phi) is 11.7. The molecule has 1 aliphatic heterocycles. The SMILES string of the molecule is C.C=CC(=O)Nc1cccc(Oc2nc(Nc3ccc(N4CCN(C)CC4)c(F)c3)nc3[nH]ccc23)c1.O=C(O)/C=C\C(=O)O. The molecule has 236 valence electrons. The van der Waals surface area contributed by atoms with Crippen molar-refractivity contribution in [3.8, 4) is 11.6 Å². The van der Waals surface area contributed by atoms with E-state index in [0.717, 1.165) is 26.2 Å². The predicted molar refractivity (Wildman–Crippen MR) is 170 cm³/mol. The zero-order valence-corrected chi connectivity index (χ0v) is 23.7. The molecular formula is C31H34FN7O6. The number of amides is 1. The summed E-state index contributed by atoms with van der Waals surface area (Å²) in [6.07, 6.45) is 4.05. The number of fused-ring (bicyclic) bond motifs is 1. The van der Waals surface area contributed by atoms with Gasteiger partial charge in [-0.1, -0.05) is 20.1 Å². The molecule has 2 aromatic carbocycles. The third-order valence-corrected chi connectivity index (χ3v) is 6.30. The van der Waals surface area contributed by atoms with Crippen LogP contribution in [0.4, 0.5) is 27.4 Å². The summed E-state index contributed by atoms with van der Waals surface area (Å²) in [5.74, 6) is -2.10. The van der Waals surface area contributed by atoms with Gasteiger partial charge >= 0.3 is 11.9 Å². The quantitative estimate of drug-likeness (QED) is 0.162. The van der Waals surface area contributed by atoms with Crippen molar-refractivity contribution in [1.82, 2.24) is 19.9 Å². The lowest BCUT2D eigenvalue weighted by atomic mass is 10.2. The highest BCUT2D eigenvalue weighted by Gasteiger charge is 2.18. The van der Waals surface area contributed by atoms with Gasteiger partial charge in [0.1, 0.15) is 17.2 Å². The molecule has 1 amide bonds. The van der Waals surface area contributed by atoms with Crippen molar-refractivity contribution in [1.29, 1.82) is 0 Å². The first kappa shape index (κ1) is 33.7. The molecule has 1 fully saturated rings. The molecule has 0 radical (unpaired) electrons. The Morgan fingerprint density at radius 1 is 1.00 bits per heavy atom. The molecule has 0 unspecified atom stereocenters. The van der Waals surface area contributed by atoms with Crippen LogP contribution in [0.1, 0.15) is 7.43 Å². The second kappa shape index (κ2) is 15.6. The maximum atomic E-state index is 15.0. The first-order valence-corrected chi connectivity index (χ1v) is 13.3. The lowest BCUT2D eigenvalue weighted by molar-refractivity contribution is -0.134. The topological polar surface area (TPSA) is 173 Å². The van der Waals surface area contributed by atoms with E-state index in [1.54, 1.807) is 36.5 Å². The number of aromatic amines is 1. The number of halogens is 1. The summed E-state index contributed by atoms with van der Waals surface area (Å²) < 4.78 is 21.0. The second-order valence-electron chi connectivity index (χ2n) is 9.51. The van der Waals surface area contributed by atoms with Gasteiger partial charge in [0.05, 0.1) is 11.1 Å². The number of benzene rings is 2. The number of aliphatic carboxylic acids is 2. The number of hydrogen-bond donors (Lipinski definition) is 5. The number of rotatable bonds is 9. The Morgan fingerprint density at radius 3 is 2.36 bits per heavy atom. The molecule has 14 heteroatoms. The Hall–Kier alpha value is -5.76. The van der Waals surface area contributed by atoms with E-state index in [2.05, 4.69) is 49.0 Å². The van der Waals surface area contributed by atoms with Crippen LogP contribution in [0.25, 0.3) is 11.0 Å². The van der Waals surface area contributed by atoms with Crippen molar-refractivity contribution in [2.75, 3.05) is 48.8 Å². The number of piperazine rings is 1. The molecule has 3 heterocycles. The van der Waals surface area contributed by atoms with Gasteiger partial charge in [0.2, 0.25) is 17.7 Å². The largest absolute Gasteiger partial charge is 0.478 e. The van der Waals surface area contributed by atoms with Gasteiger partial charge < -0.3 is 40.4 Å². The summed E-state index contributed by atoms with van der Waals surface area (Å²) in [5, 5.41) is 22.1. The van der Waals surface area contributed by atoms with Crippen LogP contribution < -0.4 is 20.3 Å². The number of carbonyl (C=O) groups is 3. The smallest absolute Gasteiger partial charge is 0.328 e. The van der Waals surface area contributed by atoms with E-state index in [9.17, 15) is 18.8 Å². The van der Waals surface area contributed by atoms with Gasteiger partial charge in [0.15, 0.2) is 0 Å². The Morgan fingerprint density at radius 2 is 1.71 bits per heavy atom. The molecule has 5 rings (SSSR count). The van der Waals surface area contributed by atoms with Crippen molar-refractivity contribution >= 4 is 51.9 Å². The predicted octanol–water partition coefficient (Wildman–Crippen LogP) is 4.86. The van der Waals surface area contributed by atoms with Gasteiger partial charge in [-0.3, -0.25) is 4.79 Å². The van der Waals surface area contributed by atoms with Crippen LogP contribution in [0, 0.1) is 5.82 Å². The van der Waals surface area contributed by atoms with E-state index in [0.29, 0.717) is 51.9 Å². The van der Waals surface area contributed by atoms with E-state index >= 15 is 0 Å². The van der Waals surface area contributed by atoms with E-state index in [1.165, 1.54) is 12.1 Å². The summed E-state index contributed by atoms with van der Waals surface area (Å²) in [6, 6.07) is 13.8. The standard InChI is InChI=1S/C26H26FN7O2.C4H4O4.CH4/c1-3-23(35)29-17-5-4-6-19(15-17)36-25-20-9-10-28-24(20)31-26(32-25)30-18-7-8-22(21(27)16-18)34-13-11-33(2)12-14-34;5-3(6)1-2-4(7)8;/h3-10,15-16H,1,11-14H2,2H3,(H,29,35)(H2,28,30,31,32);1-2H,(H,5,6)(H,7,8);1H4/b;2-1-;. The number of anilines is 4. The van der Waals surface area contributed by atoms with Crippen LogP contribution in [0.5, 0.6) is 11.6 Å². The highest BCUT2D eigenvalue weighted by atomic mass is 19.1. The number of carboxylic acid groups (broad SMARTS) is 2. The van der Waals surface area contributed by atoms with E-state index in [1.807, 2.05) is 12.1 Å². The molecule has 5 N–H and O–H groups in total. The molecule has 0 spiro atoms. The first-order valence-electron chi connectivity index (χ1n) is 13.3. The number of hydrogen-bond acceptors (Lipinski definition) is 9. The lowest BCUT2D eigenvalue weighted by Crippen LogP contribution is -2.44. The fraction of sp³-hybridized carbons (Fsp3) is 0.194. The average molecular weight is 620 g/mol. The second-order valence-corrected chi connectivity index (χ2v) is 9.51. The summed E-state index contributed by atoms with van der Waals surface area (Å²) in [5.41, 5.74) is 2.23. The lowest BCUT2D eigenvalue weighted by Gasteiger charge is -2.34. The number of aromatic nitrogens is 3. The summed E-state index contributed by atoms with van der Waals surface area (Å²) >= 11 is 0. The van der Waals surface area contributed by atoms with Crippen molar-refractivity contribution in [2.24, 2.45) is 0 Å². The van der Waals surface area contributed by atoms with Crippen molar-refractivity contribution in [2.45, 2.75) is 7.43 Å². The number of nitrogens with one attached hydrogen (secondary N) is 3. The van der Waals surface area contributed by atoms with Crippen LogP contribution in [0.2, 0.25) is 0 Å². The molecule has 13 nitrogen and oxygen atoms in total. The van der Waals surface area contributed by atoms with E-state index in [-0.39, 0.29) is 25.1 Å². The van der Waals surface area contributed by atoms with Crippen molar-refractivity contribution < 1.29 is 33.7 Å². The third kappa shape index (κ3) is 9.62. The molecule has 0 bridgehead atoms. The maximum absolute atomic E-state index is 15.0. The van der Waals surface area contributed by atoms with Crippen molar-refractivity contribution in [3.63, 3.8) is 0 Å². The monoisotopic (exact) mass is 619 g/mol. The fourth-order valence-corrected chi connectivity index (χ4v) is 4.15. The molecule has 1 saturated heterocycles. The molecule has 2 aromatic heterocycles. The number of likely N-dealkylation sites (N-methyl/N-ethyl adjacent to an activating group) is 1. The number of H-pyrrole nitrogens is 1. The van der Waals surface area contributed by atoms with Gasteiger partial charge in [-0.2, -0.15) is 9.97 Å². The fourth-order valence-electron chi connectivity index (χ4n) is 4.15. The maximum Gasteiger partial charge on any atom is 0.328 e. The number of nitrogens with zero attached hydrogens (tertiary/aromatic N) is 4. The minimum atomic E-state index is -1.26.